The fourth-order valence-corrected chi connectivity index (χ4v) is 2.58. The molecule has 1 heterocycles. The van der Waals surface area contributed by atoms with Crippen LogP contribution in [-0.4, -0.2) is 6.61 Å². The van der Waals surface area contributed by atoms with Crippen LogP contribution < -0.4 is 14.9 Å². The maximum Gasteiger partial charge on any atom is 0.235 e. The molecule has 2 aromatic carbocycles. The van der Waals surface area contributed by atoms with E-state index < -0.39 is 0 Å². The van der Waals surface area contributed by atoms with Gasteiger partial charge in [-0.05, 0) is 44.0 Å². The number of hydrogen-bond acceptors (Lipinski definition) is 5. The zero-order chi connectivity index (χ0) is 18.4. The Morgan fingerprint density at radius 1 is 1.08 bits per heavy atom. The summed E-state index contributed by atoms with van der Waals surface area (Å²) >= 11 is 0. The van der Waals surface area contributed by atoms with Gasteiger partial charge in [-0.1, -0.05) is 18.2 Å². The summed E-state index contributed by atoms with van der Waals surface area (Å²) in [5.41, 5.74) is 0.246. The minimum atomic E-state index is -0.215. The Bertz CT molecular complexity index is 987. The van der Waals surface area contributed by atoms with Crippen molar-refractivity contribution in [1.29, 1.82) is 5.26 Å². The number of para-hydroxylation sites is 1. The summed E-state index contributed by atoms with van der Waals surface area (Å²) in [6.07, 6.45) is 2.14. The minimum absolute atomic E-state index is 0.189. The summed E-state index contributed by atoms with van der Waals surface area (Å²) in [6.45, 7) is 2.22. The van der Waals surface area contributed by atoms with E-state index in [1.165, 1.54) is 0 Å². The third-order valence-electron chi connectivity index (χ3n) is 3.90. The maximum atomic E-state index is 12.7. The monoisotopic (exact) mass is 349 g/mol. The van der Waals surface area contributed by atoms with Gasteiger partial charge in [0.2, 0.25) is 11.2 Å². The molecule has 3 aromatic rings. The van der Waals surface area contributed by atoms with E-state index in [-0.39, 0.29) is 11.2 Å². The number of benzene rings is 2. The highest BCUT2D eigenvalue weighted by Crippen LogP contribution is 2.27. The lowest BCUT2D eigenvalue weighted by Gasteiger charge is -2.10. The number of ether oxygens (including phenoxy) is 2. The van der Waals surface area contributed by atoms with E-state index in [2.05, 4.69) is 6.07 Å². The standard InChI is InChI=1S/C21H19NO4/c1-15-21(26-16-8-4-2-5-9-16)20(23)18-11-10-17(14-19(18)25-15)24-13-7-3-6-12-22/h2,4-5,8-11,14H,3,6-7,13H2,1H3. The van der Waals surface area contributed by atoms with E-state index in [1.807, 2.05) is 18.2 Å². The number of nitriles is 1. The fourth-order valence-electron chi connectivity index (χ4n) is 2.58. The molecule has 0 atom stereocenters. The quantitative estimate of drug-likeness (QED) is 0.563. The predicted octanol–water partition coefficient (Wildman–Crippen LogP) is 4.97. The second kappa shape index (κ2) is 8.21. The van der Waals surface area contributed by atoms with E-state index in [1.54, 1.807) is 37.3 Å². The van der Waals surface area contributed by atoms with Crippen LogP contribution in [0, 0.1) is 18.3 Å². The van der Waals surface area contributed by atoms with Gasteiger partial charge in [0.05, 0.1) is 18.1 Å². The summed E-state index contributed by atoms with van der Waals surface area (Å²) in [5.74, 6) is 1.82. The fraction of sp³-hybridized carbons (Fsp3) is 0.238. The van der Waals surface area contributed by atoms with Crippen LogP contribution in [0.2, 0.25) is 0 Å². The van der Waals surface area contributed by atoms with Gasteiger partial charge in [-0.25, -0.2) is 0 Å². The van der Waals surface area contributed by atoms with Crippen molar-refractivity contribution in [2.24, 2.45) is 0 Å². The van der Waals surface area contributed by atoms with Gasteiger partial charge in [0.25, 0.3) is 0 Å². The Morgan fingerprint density at radius 3 is 2.65 bits per heavy atom. The number of nitrogens with zero attached hydrogens (tertiary/aromatic N) is 1. The van der Waals surface area contributed by atoms with Gasteiger partial charge in [-0.15, -0.1) is 0 Å². The van der Waals surface area contributed by atoms with Crippen LogP contribution in [0.1, 0.15) is 25.0 Å². The average molecular weight is 349 g/mol. The van der Waals surface area contributed by atoms with Crippen LogP contribution in [0.5, 0.6) is 17.2 Å². The van der Waals surface area contributed by atoms with Crippen LogP contribution >= 0.6 is 0 Å². The molecule has 0 aliphatic carbocycles. The second-order valence-corrected chi connectivity index (χ2v) is 5.85. The van der Waals surface area contributed by atoms with E-state index in [9.17, 15) is 4.79 Å². The molecule has 0 radical (unpaired) electrons. The summed E-state index contributed by atoms with van der Waals surface area (Å²) in [6, 6.07) is 16.4. The van der Waals surface area contributed by atoms with Crippen molar-refractivity contribution in [1.82, 2.24) is 0 Å². The highest BCUT2D eigenvalue weighted by Gasteiger charge is 2.14. The summed E-state index contributed by atoms with van der Waals surface area (Å²) in [4.78, 5) is 12.7. The molecule has 5 heteroatoms. The van der Waals surface area contributed by atoms with Crippen LogP contribution in [0.3, 0.4) is 0 Å². The zero-order valence-electron chi connectivity index (χ0n) is 14.5. The van der Waals surface area contributed by atoms with Crippen molar-refractivity contribution in [3.05, 3.63) is 64.5 Å². The molecule has 0 N–H and O–H groups in total. The van der Waals surface area contributed by atoms with E-state index >= 15 is 0 Å². The number of unbranched alkanes of at least 4 members (excludes halogenated alkanes) is 2. The van der Waals surface area contributed by atoms with Crippen LogP contribution in [0.15, 0.2) is 57.7 Å². The van der Waals surface area contributed by atoms with E-state index in [4.69, 9.17) is 19.2 Å². The maximum absolute atomic E-state index is 12.7. The smallest absolute Gasteiger partial charge is 0.235 e. The van der Waals surface area contributed by atoms with Gasteiger partial charge in [0.15, 0.2) is 0 Å². The predicted molar refractivity (Wildman–Crippen MR) is 98.7 cm³/mol. The van der Waals surface area contributed by atoms with E-state index in [0.717, 1.165) is 12.8 Å². The molecule has 0 amide bonds. The SMILES string of the molecule is Cc1oc2cc(OCCCCC#N)ccc2c(=O)c1Oc1ccccc1. The molecule has 0 saturated heterocycles. The first-order valence-corrected chi connectivity index (χ1v) is 8.49. The molecule has 0 spiro atoms. The van der Waals surface area contributed by atoms with Gasteiger partial charge in [-0.3, -0.25) is 4.79 Å². The first kappa shape index (κ1) is 17.6. The molecular weight excluding hydrogens is 330 g/mol. The molecule has 132 valence electrons. The Labute approximate surface area is 151 Å². The Balaban J connectivity index is 1.82. The van der Waals surface area contributed by atoms with Crippen LogP contribution in [0.4, 0.5) is 0 Å². The zero-order valence-corrected chi connectivity index (χ0v) is 14.5. The Morgan fingerprint density at radius 2 is 1.88 bits per heavy atom. The number of hydrogen-bond donors (Lipinski definition) is 0. The lowest BCUT2D eigenvalue weighted by Crippen LogP contribution is -2.07. The normalized spacial score (nSPS) is 10.5. The van der Waals surface area contributed by atoms with E-state index in [0.29, 0.717) is 41.3 Å². The third kappa shape index (κ3) is 4.04. The molecule has 0 bridgehead atoms. The first-order chi connectivity index (χ1) is 12.7. The highest BCUT2D eigenvalue weighted by atomic mass is 16.5. The molecule has 1 aromatic heterocycles. The topological polar surface area (TPSA) is 72.5 Å². The minimum Gasteiger partial charge on any atom is -0.493 e. The summed E-state index contributed by atoms with van der Waals surface area (Å²) in [7, 11) is 0. The lowest BCUT2D eigenvalue weighted by molar-refractivity contribution is 0.307. The van der Waals surface area contributed by atoms with Crippen molar-refractivity contribution >= 4 is 11.0 Å². The molecule has 0 aliphatic heterocycles. The molecule has 26 heavy (non-hydrogen) atoms. The third-order valence-corrected chi connectivity index (χ3v) is 3.90. The Kier molecular flexibility index (Phi) is 5.55. The molecule has 5 nitrogen and oxygen atoms in total. The highest BCUT2D eigenvalue weighted by molar-refractivity contribution is 5.79. The Hall–Kier alpha value is -3.26. The molecule has 0 unspecified atom stereocenters. The number of aryl methyl sites for hydroxylation is 1. The van der Waals surface area contributed by atoms with Gasteiger partial charge >= 0.3 is 0 Å². The van der Waals surface area contributed by atoms with Gasteiger partial charge in [0.1, 0.15) is 22.8 Å². The molecule has 0 fully saturated rings. The van der Waals surface area contributed by atoms with Crippen molar-refractivity contribution in [2.75, 3.05) is 6.61 Å². The van der Waals surface area contributed by atoms with Crippen molar-refractivity contribution in [3.8, 4) is 23.3 Å². The summed E-state index contributed by atoms with van der Waals surface area (Å²) < 4.78 is 17.2. The molecule has 0 aliphatic rings. The number of fused-ring (bicyclic) bond motifs is 1. The first-order valence-electron chi connectivity index (χ1n) is 8.49. The van der Waals surface area contributed by atoms with Gasteiger partial charge in [-0.2, -0.15) is 5.26 Å². The van der Waals surface area contributed by atoms with Gasteiger partial charge < -0.3 is 13.9 Å². The average Bonchev–Trinajstić information content (AvgIpc) is 2.65. The molecule has 3 rings (SSSR count). The van der Waals surface area contributed by atoms with Crippen molar-refractivity contribution < 1.29 is 13.9 Å². The van der Waals surface area contributed by atoms with Crippen LogP contribution in [0.25, 0.3) is 11.0 Å². The largest absolute Gasteiger partial charge is 0.493 e. The van der Waals surface area contributed by atoms with Gasteiger partial charge in [0, 0.05) is 12.5 Å². The lowest BCUT2D eigenvalue weighted by atomic mass is 10.2. The molecular formula is C21H19NO4. The second-order valence-electron chi connectivity index (χ2n) is 5.85. The van der Waals surface area contributed by atoms with Crippen molar-refractivity contribution in [2.45, 2.75) is 26.2 Å². The number of rotatable bonds is 7. The molecule has 0 saturated carbocycles. The van der Waals surface area contributed by atoms with Crippen LogP contribution in [-0.2, 0) is 0 Å². The summed E-state index contributed by atoms with van der Waals surface area (Å²) in [5, 5.41) is 8.97. The van der Waals surface area contributed by atoms with Crippen molar-refractivity contribution in [3.63, 3.8) is 0 Å².